The van der Waals surface area contributed by atoms with Gasteiger partial charge in [-0.3, -0.25) is 19.9 Å². The lowest BCUT2D eigenvalue weighted by Gasteiger charge is -2.12. The largest absolute Gasteiger partial charge is 0.445 e. The SMILES string of the molecule is CCc1cccc(-c2cnc(C(C)=O)c(NC(=O)CNCc3ncc(C)o3)c2)c1. The van der Waals surface area contributed by atoms with E-state index in [0.717, 1.165) is 17.5 Å². The van der Waals surface area contributed by atoms with Gasteiger partial charge < -0.3 is 9.73 Å². The number of oxazole rings is 1. The number of nitrogens with one attached hydrogen (secondary N) is 2. The second kappa shape index (κ2) is 9.25. The summed E-state index contributed by atoms with van der Waals surface area (Å²) < 4.78 is 5.36. The average molecular weight is 392 g/mol. The van der Waals surface area contributed by atoms with Crippen LogP contribution in [-0.2, 0) is 17.8 Å². The first kappa shape index (κ1) is 20.4. The van der Waals surface area contributed by atoms with Crippen LogP contribution in [0.15, 0.2) is 47.1 Å². The first-order valence-corrected chi connectivity index (χ1v) is 9.48. The molecule has 0 radical (unpaired) electrons. The number of hydrogen-bond donors (Lipinski definition) is 2. The summed E-state index contributed by atoms with van der Waals surface area (Å²) in [5.74, 6) is 0.737. The van der Waals surface area contributed by atoms with Crippen molar-refractivity contribution < 1.29 is 14.0 Å². The van der Waals surface area contributed by atoms with E-state index in [-0.39, 0.29) is 23.9 Å². The fraction of sp³-hybridized carbons (Fsp3) is 0.273. The predicted octanol–water partition coefficient (Wildman–Crippen LogP) is 3.54. The summed E-state index contributed by atoms with van der Waals surface area (Å²) in [6.45, 7) is 5.72. The van der Waals surface area contributed by atoms with Crippen molar-refractivity contribution in [2.24, 2.45) is 0 Å². The highest BCUT2D eigenvalue weighted by Gasteiger charge is 2.14. The van der Waals surface area contributed by atoms with Gasteiger partial charge >= 0.3 is 0 Å². The number of amides is 1. The molecule has 2 aromatic heterocycles. The van der Waals surface area contributed by atoms with Gasteiger partial charge in [0.1, 0.15) is 11.5 Å². The number of aryl methyl sites for hydroxylation is 2. The van der Waals surface area contributed by atoms with Gasteiger partial charge in [0, 0.05) is 18.7 Å². The van der Waals surface area contributed by atoms with E-state index in [0.29, 0.717) is 23.9 Å². The molecular weight excluding hydrogens is 368 g/mol. The Morgan fingerprint density at radius 2 is 1.93 bits per heavy atom. The topological polar surface area (TPSA) is 97.1 Å². The molecule has 0 saturated heterocycles. The molecule has 29 heavy (non-hydrogen) atoms. The van der Waals surface area contributed by atoms with Crippen molar-refractivity contribution in [1.29, 1.82) is 0 Å². The lowest BCUT2D eigenvalue weighted by atomic mass is 10.0. The highest BCUT2D eigenvalue weighted by Crippen LogP contribution is 2.25. The normalized spacial score (nSPS) is 10.7. The van der Waals surface area contributed by atoms with Crippen LogP contribution in [0.5, 0.6) is 0 Å². The number of carbonyl (C=O) groups excluding carboxylic acids is 2. The molecule has 0 unspecified atom stereocenters. The van der Waals surface area contributed by atoms with Gasteiger partial charge in [0.25, 0.3) is 0 Å². The van der Waals surface area contributed by atoms with E-state index in [1.165, 1.54) is 12.5 Å². The van der Waals surface area contributed by atoms with E-state index < -0.39 is 0 Å². The molecule has 2 heterocycles. The summed E-state index contributed by atoms with van der Waals surface area (Å²) in [6, 6.07) is 9.89. The quantitative estimate of drug-likeness (QED) is 0.569. The zero-order valence-corrected chi connectivity index (χ0v) is 16.8. The summed E-state index contributed by atoms with van der Waals surface area (Å²) >= 11 is 0. The zero-order chi connectivity index (χ0) is 20.8. The van der Waals surface area contributed by atoms with Gasteiger partial charge in [0.05, 0.1) is 25.0 Å². The van der Waals surface area contributed by atoms with Crippen molar-refractivity contribution in [2.75, 3.05) is 11.9 Å². The molecule has 0 bridgehead atoms. The van der Waals surface area contributed by atoms with Crippen LogP contribution in [0.2, 0.25) is 0 Å². The van der Waals surface area contributed by atoms with Gasteiger partial charge in [-0.05, 0) is 30.5 Å². The van der Waals surface area contributed by atoms with Gasteiger partial charge in [-0.1, -0.05) is 31.2 Å². The highest BCUT2D eigenvalue weighted by atomic mass is 16.4. The minimum absolute atomic E-state index is 0.0499. The Kier molecular flexibility index (Phi) is 6.51. The fourth-order valence-corrected chi connectivity index (χ4v) is 2.93. The molecule has 0 atom stereocenters. The summed E-state index contributed by atoms with van der Waals surface area (Å²) in [5.41, 5.74) is 3.66. The maximum Gasteiger partial charge on any atom is 0.238 e. The van der Waals surface area contributed by atoms with Crippen LogP contribution in [0, 0.1) is 6.92 Å². The molecule has 7 heteroatoms. The molecule has 150 valence electrons. The number of anilines is 1. The highest BCUT2D eigenvalue weighted by molar-refractivity contribution is 6.03. The molecule has 0 aliphatic heterocycles. The van der Waals surface area contributed by atoms with Crippen molar-refractivity contribution in [2.45, 2.75) is 33.7 Å². The smallest absolute Gasteiger partial charge is 0.238 e. The standard InChI is InChI=1S/C22H24N4O3/c1-4-16-6-5-7-17(8-16)18-9-19(22(15(3)27)25-11-18)26-20(28)12-23-13-21-24-10-14(2)29-21/h5-11,23H,4,12-13H2,1-3H3,(H,26,28). The van der Waals surface area contributed by atoms with Gasteiger partial charge in [0.2, 0.25) is 11.8 Å². The molecule has 1 amide bonds. The van der Waals surface area contributed by atoms with Gasteiger partial charge in [0.15, 0.2) is 5.78 Å². The minimum atomic E-state index is -0.281. The second-order valence-electron chi connectivity index (χ2n) is 6.75. The Bertz CT molecular complexity index is 1030. The monoisotopic (exact) mass is 392 g/mol. The predicted molar refractivity (Wildman–Crippen MR) is 111 cm³/mol. The number of ketones is 1. The fourth-order valence-electron chi connectivity index (χ4n) is 2.93. The molecule has 3 rings (SSSR count). The van der Waals surface area contributed by atoms with E-state index in [2.05, 4.69) is 39.7 Å². The van der Waals surface area contributed by atoms with Crippen LogP contribution in [-0.4, -0.2) is 28.2 Å². The number of benzene rings is 1. The van der Waals surface area contributed by atoms with Crippen LogP contribution in [0.3, 0.4) is 0 Å². The number of nitrogens with zero attached hydrogens (tertiary/aromatic N) is 2. The third-order valence-corrected chi connectivity index (χ3v) is 4.39. The van der Waals surface area contributed by atoms with Crippen LogP contribution in [0.4, 0.5) is 5.69 Å². The van der Waals surface area contributed by atoms with E-state index in [9.17, 15) is 9.59 Å². The number of pyridine rings is 1. The van der Waals surface area contributed by atoms with E-state index >= 15 is 0 Å². The lowest BCUT2D eigenvalue weighted by molar-refractivity contribution is -0.115. The minimum Gasteiger partial charge on any atom is -0.445 e. The first-order chi connectivity index (χ1) is 14.0. The van der Waals surface area contributed by atoms with E-state index in [4.69, 9.17) is 4.42 Å². The summed E-state index contributed by atoms with van der Waals surface area (Å²) in [7, 11) is 0. The molecule has 1 aromatic carbocycles. The Balaban J connectivity index is 1.73. The maximum absolute atomic E-state index is 12.4. The molecule has 0 saturated carbocycles. The Hall–Kier alpha value is -3.32. The van der Waals surface area contributed by atoms with Gasteiger partial charge in [-0.15, -0.1) is 0 Å². The van der Waals surface area contributed by atoms with Crippen LogP contribution >= 0.6 is 0 Å². The summed E-state index contributed by atoms with van der Waals surface area (Å²) in [5, 5.41) is 5.76. The van der Waals surface area contributed by atoms with Gasteiger partial charge in [-0.2, -0.15) is 0 Å². The average Bonchev–Trinajstić information content (AvgIpc) is 3.12. The van der Waals surface area contributed by atoms with Gasteiger partial charge in [-0.25, -0.2) is 4.98 Å². The molecule has 7 nitrogen and oxygen atoms in total. The number of Topliss-reactive ketones (excluding diaryl/α,β-unsaturated/α-hetero) is 1. The third kappa shape index (κ3) is 5.36. The Morgan fingerprint density at radius 3 is 2.62 bits per heavy atom. The molecule has 0 spiro atoms. The van der Waals surface area contributed by atoms with Crippen LogP contribution in [0.25, 0.3) is 11.1 Å². The van der Waals surface area contributed by atoms with Crippen LogP contribution < -0.4 is 10.6 Å². The van der Waals surface area contributed by atoms with Crippen molar-refractivity contribution in [3.05, 3.63) is 65.6 Å². The first-order valence-electron chi connectivity index (χ1n) is 9.48. The molecular formula is C22H24N4O3. The van der Waals surface area contributed by atoms with Crippen molar-refractivity contribution in [1.82, 2.24) is 15.3 Å². The Labute approximate surface area is 169 Å². The van der Waals surface area contributed by atoms with Crippen molar-refractivity contribution in [3.8, 4) is 11.1 Å². The number of aromatic nitrogens is 2. The second-order valence-corrected chi connectivity index (χ2v) is 6.75. The molecule has 0 aliphatic rings. The maximum atomic E-state index is 12.4. The third-order valence-electron chi connectivity index (χ3n) is 4.39. The lowest BCUT2D eigenvalue weighted by Crippen LogP contribution is -2.28. The summed E-state index contributed by atoms with van der Waals surface area (Å²) in [6.07, 6.45) is 4.21. The molecule has 0 fully saturated rings. The van der Waals surface area contributed by atoms with E-state index in [1.807, 2.05) is 19.1 Å². The molecule has 0 aliphatic carbocycles. The molecule has 2 N–H and O–H groups in total. The van der Waals surface area contributed by atoms with Crippen LogP contribution in [0.1, 0.15) is 41.6 Å². The zero-order valence-electron chi connectivity index (χ0n) is 16.8. The number of rotatable bonds is 8. The molecule has 3 aromatic rings. The van der Waals surface area contributed by atoms with Crippen molar-refractivity contribution in [3.63, 3.8) is 0 Å². The van der Waals surface area contributed by atoms with E-state index in [1.54, 1.807) is 18.5 Å². The number of hydrogen-bond acceptors (Lipinski definition) is 6. The number of carbonyl (C=O) groups is 2. The van der Waals surface area contributed by atoms with Crippen molar-refractivity contribution >= 4 is 17.4 Å². The summed E-state index contributed by atoms with van der Waals surface area (Å²) in [4.78, 5) is 32.7. The Morgan fingerprint density at radius 1 is 1.10 bits per heavy atom.